The monoisotopic (exact) mass is 310 g/mol. The number of rotatable bonds is 9. The van der Waals surface area contributed by atoms with Crippen molar-refractivity contribution in [1.29, 1.82) is 0 Å². The molecule has 0 aliphatic carbocycles. The smallest absolute Gasteiger partial charge is 0.156 e. The zero-order chi connectivity index (χ0) is 15.1. The van der Waals surface area contributed by atoms with Gasteiger partial charge in [-0.2, -0.15) is 0 Å². The van der Waals surface area contributed by atoms with Crippen LogP contribution in [-0.4, -0.2) is 62.2 Å². The maximum Gasteiger partial charge on any atom is 0.156 e. The first-order valence-electron chi connectivity index (χ1n) is 6.32. The molecule has 5 nitrogen and oxygen atoms in total. The van der Waals surface area contributed by atoms with E-state index in [1.54, 1.807) is 27.9 Å². The summed E-state index contributed by atoms with van der Waals surface area (Å²) in [5, 5.41) is 0. The highest BCUT2D eigenvalue weighted by atomic mass is 32.2. The van der Waals surface area contributed by atoms with E-state index in [-0.39, 0.29) is 5.75 Å². The first-order valence-corrected chi connectivity index (χ1v) is 8.38. The fourth-order valence-electron chi connectivity index (χ4n) is 1.38. The van der Waals surface area contributed by atoms with Crippen LogP contribution in [0.2, 0.25) is 0 Å². The summed E-state index contributed by atoms with van der Waals surface area (Å²) in [6.07, 6.45) is 0.592. The highest BCUT2D eigenvalue weighted by Gasteiger charge is 2.28. The molecule has 0 aromatic rings. The largest absolute Gasteiger partial charge is 0.393 e. The minimum Gasteiger partial charge on any atom is -0.393 e. The lowest BCUT2D eigenvalue weighted by molar-refractivity contribution is 0.153. The molecule has 2 N–H and O–H groups in total. The Labute approximate surface area is 122 Å². The molecule has 0 heterocycles. The van der Waals surface area contributed by atoms with Crippen molar-refractivity contribution >= 4 is 27.0 Å². The fraction of sp³-hybridized carbons (Fsp3) is 0.917. The molecule has 0 unspecified atom stereocenters. The molecule has 114 valence electrons. The second kappa shape index (κ2) is 8.14. The summed E-state index contributed by atoms with van der Waals surface area (Å²) in [5.41, 5.74) is 5.48. The van der Waals surface area contributed by atoms with Crippen LogP contribution in [0, 0.1) is 0 Å². The highest BCUT2D eigenvalue weighted by Crippen LogP contribution is 2.16. The summed E-state index contributed by atoms with van der Waals surface area (Å²) in [6.45, 7) is 7.54. The topological polar surface area (TPSA) is 72.6 Å². The van der Waals surface area contributed by atoms with Gasteiger partial charge in [-0.15, -0.1) is 0 Å². The van der Waals surface area contributed by atoms with E-state index in [9.17, 15) is 8.42 Å². The Kier molecular flexibility index (Phi) is 8.03. The Balaban J connectivity index is 4.44. The zero-order valence-electron chi connectivity index (χ0n) is 12.3. The molecule has 0 saturated heterocycles. The van der Waals surface area contributed by atoms with Crippen molar-refractivity contribution in [2.24, 2.45) is 5.73 Å². The maximum atomic E-state index is 12.1. The molecule has 0 aromatic heterocycles. The van der Waals surface area contributed by atoms with Crippen LogP contribution in [0.3, 0.4) is 0 Å². The van der Waals surface area contributed by atoms with Crippen LogP contribution in [0.4, 0.5) is 0 Å². The third-order valence-electron chi connectivity index (χ3n) is 2.90. The summed E-state index contributed by atoms with van der Waals surface area (Å²) in [6, 6.07) is 0. The molecule has 0 rings (SSSR count). The van der Waals surface area contributed by atoms with Crippen molar-refractivity contribution in [3.05, 3.63) is 0 Å². The number of ether oxygens (including phenoxy) is 1. The summed E-state index contributed by atoms with van der Waals surface area (Å²) in [7, 11) is -1.48. The third-order valence-corrected chi connectivity index (χ3v) is 5.69. The molecule has 0 atom stereocenters. The average molecular weight is 310 g/mol. The van der Waals surface area contributed by atoms with E-state index >= 15 is 0 Å². The number of nitrogens with two attached hydrogens (primary N) is 1. The van der Waals surface area contributed by atoms with Crippen LogP contribution >= 0.6 is 12.2 Å². The van der Waals surface area contributed by atoms with E-state index in [1.165, 1.54) is 0 Å². The second-order valence-corrected chi connectivity index (χ2v) is 8.87. The van der Waals surface area contributed by atoms with Crippen LogP contribution < -0.4 is 5.73 Å². The number of thiocarbonyl (C=S) groups is 1. The molecule has 0 radical (unpaired) electrons. The molecule has 19 heavy (non-hydrogen) atoms. The van der Waals surface area contributed by atoms with E-state index < -0.39 is 14.6 Å². The SMILES string of the molecule is COCCN(CCC(N)=S)CCS(=O)(=O)C(C)(C)C. The summed E-state index contributed by atoms with van der Waals surface area (Å²) in [4.78, 5) is 2.47. The molecule has 0 bridgehead atoms. The average Bonchev–Trinajstić information content (AvgIpc) is 2.26. The molecule has 0 spiro atoms. The zero-order valence-corrected chi connectivity index (χ0v) is 13.9. The van der Waals surface area contributed by atoms with Gasteiger partial charge < -0.3 is 10.5 Å². The Morgan fingerprint density at radius 3 is 2.26 bits per heavy atom. The Morgan fingerprint density at radius 1 is 1.26 bits per heavy atom. The van der Waals surface area contributed by atoms with Crippen molar-refractivity contribution in [2.45, 2.75) is 31.9 Å². The minimum atomic E-state index is -3.10. The van der Waals surface area contributed by atoms with Gasteiger partial charge in [0.05, 0.1) is 22.1 Å². The Hall–Kier alpha value is -0.240. The van der Waals surface area contributed by atoms with E-state index in [0.29, 0.717) is 37.7 Å². The molecule has 0 amide bonds. The molecular formula is C12H26N2O3S2. The summed E-state index contributed by atoms with van der Waals surface area (Å²) >= 11 is 4.84. The van der Waals surface area contributed by atoms with Gasteiger partial charge in [0.1, 0.15) is 0 Å². The van der Waals surface area contributed by atoms with Crippen LogP contribution in [-0.2, 0) is 14.6 Å². The lowest BCUT2D eigenvalue weighted by atomic mass is 10.3. The maximum absolute atomic E-state index is 12.1. The minimum absolute atomic E-state index is 0.136. The van der Waals surface area contributed by atoms with Gasteiger partial charge in [0.2, 0.25) is 0 Å². The Bertz CT molecular complexity index is 375. The van der Waals surface area contributed by atoms with Gasteiger partial charge in [-0.25, -0.2) is 8.42 Å². The van der Waals surface area contributed by atoms with Gasteiger partial charge in [-0.05, 0) is 20.8 Å². The highest BCUT2D eigenvalue weighted by molar-refractivity contribution is 7.92. The van der Waals surface area contributed by atoms with Crippen molar-refractivity contribution in [3.63, 3.8) is 0 Å². The normalized spacial score (nSPS) is 12.9. The summed E-state index contributed by atoms with van der Waals surface area (Å²) < 4.78 is 28.4. The number of methoxy groups -OCH3 is 1. The van der Waals surface area contributed by atoms with Crippen LogP contribution in [0.25, 0.3) is 0 Å². The molecule has 7 heteroatoms. The van der Waals surface area contributed by atoms with Crippen molar-refractivity contribution in [3.8, 4) is 0 Å². The van der Waals surface area contributed by atoms with Gasteiger partial charge in [-0.1, -0.05) is 12.2 Å². The number of nitrogens with zero attached hydrogens (tertiary/aromatic N) is 1. The second-order valence-electron chi connectivity index (χ2n) is 5.48. The molecule has 0 aromatic carbocycles. The van der Waals surface area contributed by atoms with E-state index in [1.807, 2.05) is 4.90 Å². The molecular weight excluding hydrogens is 284 g/mol. The van der Waals surface area contributed by atoms with Crippen molar-refractivity contribution in [2.75, 3.05) is 39.1 Å². The number of hydrogen-bond acceptors (Lipinski definition) is 5. The van der Waals surface area contributed by atoms with Crippen LogP contribution in [0.15, 0.2) is 0 Å². The van der Waals surface area contributed by atoms with E-state index in [4.69, 9.17) is 22.7 Å². The van der Waals surface area contributed by atoms with E-state index in [0.717, 1.165) is 0 Å². The third kappa shape index (κ3) is 7.81. The predicted octanol–water partition coefficient (Wildman–Crippen LogP) is 0.824. The summed E-state index contributed by atoms with van der Waals surface area (Å²) in [5.74, 6) is 0.136. The van der Waals surface area contributed by atoms with Gasteiger partial charge >= 0.3 is 0 Å². The van der Waals surface area contributed by atoms with Crippen molar-refractivity contribution in [1.82, 2.24) is 4.90 Å². The number of sulfone groups is 1. The predicted molar refractivity (Wildman–Crippen MR) is 83.3 cm³/mol. The van der Waals surface area contributed by atoms with Crippen LogP contribution in [0.5, 0.6) is 0 Å². The van der Waals surface area contributed by atoms with Gasteiger partial charge in [0.25, 0.3) is 0 Å². The molecule has 0 fully saturated rings. The standard InChI is InChI=1S/C12H26N2O3S2/c1-12(2,3)19(15,16)10-8-14(7-9-17-4)6-5-11(13)18/h5-10H2,1-4H3,(H2,13,18). The number of hydrogen-bond donors (Lipinski definition) is 1. The lowest BCUT2D eigenvalue weighted by Gasteiger charge is -2.25. The Morgan fingerprint density at radius 2 is 1.84 bits per heavy atom. The van der Waals surface area contributed by atoms with E-state index in [2.05, 4.69) is 0 Å². The van der Waals surface area contributed by atoms with Gasteiger partial charge in [-0.3, -0.25) is 4.90 Å². The molecule has 0 saturated carbocycles. The van der Waals surface area contributed by atoms with Crippen LogP contribution in [0.1, 0.15) is 27.2 Å². The quantitative estimate of drug-likeness (QED) is 0.636. The molecule has 0 aliphatic heterocycles. The van der Waals surface area contributed by atoms with Crippen molar-refractivity contribution < 1.29 is 13.2 Å². The fourth-order valence-corrected chi connectivity index (χ4v) is 2.58. The first-order chi connectivity index (χ1) is 8.60. The first kappa shape index (κ1) is 18.8. The molecule has 0 aliphatic rings. The van der Waals surface area contributed by atoms with Gasteiger partial charge in [0.15, 0.2) is 9.84 Å². The van der Waals surface area contributed by atoms with Gasteiger partial charge in [0, 0.05) is 33.2 Å². The lowest BCUT2D eigenvalue weighted by Crippen LogP contribution is -2.38.